The second kappa shape index (κ2) is 13.0. The Morgan fingerprint density at radius 1 is 1.02 bits per heavy atom. The summed E-state index contributed by atoms with van der Waals surface area (Å²) in [6, 6.07) is 16.7. The SMILES string of the molecule is NS(=O)(=O)c1ccc(CCNC(=O)CSC2=Nc3ccccc3C3=N[C@H](CCC(=O)NCc4cccs4)C(=O)N23)cc1. The van der Waals surface area contributed by atoms with Gasteiger partial charge in [0.1, 0.15) is 11.9 Å². The van der Waals surface area contributed by atoms with E-state index >= 15 is 0 Å². The van der Waals surface area contributed by atoms with Crippen LogP contribution in [0.25, 0.3) is 0 Å². The van der Waals surface area contributed by atoms with E-state index in [4.69, 9.17) is 5.14 Å². The fourth-order valence-electron chi connectivity index (χ4n) is 4.42. The Morgan fingerprint density at radius 2 is 1.81 bits per heavy atom. The van der Waals surface area contributed by atoms with Crippen molar-refractivity contribution in [3.8, 4) is 0 Å². The van der Waals surface area contributed by atoms with Crippen molar-refractivity contribution < 1.29 is 22.8 Å². The third kappa shape index (κ3) is 7.13. The molecule has 1 atom stereocenters. The van der Waals surface area contributed by atoms with Crippen molar-refractivity contribution in [2.24, 2.45) is 15.1 Å². The molecule has 42 heavy (non-hydrogen) atoms. The number of amidine groups is 2. The van der Waals surface area contributed by atoms with Gasteiger partial charge in [-0.3, -0.25) is 19.4 Å². The fraction of sp³-hybridized carbons (Fsp3) is 0.250. The molecule has 2 aliphatic heterocycles. The number of hydrogen-bond donors (Lipinski definition) is 3. The summed E-state index contributed by atoms with van der Waals surface area (Å²) in [5.41, 5.74) is 2.22. The molecule has 14 heteroatoms. The lowest BCUT2D eigenvalue weighted by atomic mass is 10.1. The highest BCUT2D eigenvalue weighted by atomic mass is 32.2. The summed E-state index contributed by atoms with van der Waals surface area (Å²) in [5.74, 6) is -0.174. The van der Waals surface area contributed by atoms with Gasteiger partial charge in [-0.1, -0.05) is 42.1 Å². The summed E-state index contributed by atoms with van der Waals surface area (Å²) in [4.78, 5) is 50.3. The molecule has 4 N–H and O–H groups in total. The molecule has 0 unspecified atom stereocenters. The lowest BCUT2D eigenvalue weighted by Gasteiger charge is -2.25. The number of aliphatic imine (C=N–C) groups is 2. The normalized spacial score (nSPS) is 15.9. The lowest BCUT2D eigenvalue weighted by Crippen LogP contribution is -2.42. The van der Waals surface area contributed by atoms with Crippen molar-refractivity contribution >= 4 is 67.5 Å². The number of benzene rings is 2. The van der Waals surface area contributed by atoms with Crippen molar-refractivity contribution in [3.63, 3.8) is 0 Å². The monoisotopic (exact) mass is 624 g/mol. The van der Waals surface area contributed by atoms with Crippen LogP contribution in [0.4, 0.5) is 5.69 Å². The Labute approximate surface area is 251 Å². The number of nitrogens with one attached hydrogen (secondary N) is 2. The number of amides is 3. The minimum atomic E-state index is -3.76. The summed E-state index contributed by atoms with van der Waals surface area (Å²) >= 11 is 2.70. The van der Waals surface area contributed by atoms with Gasteiger partial charge in [-0.25, -0.2) is 23.4 Å². The molecule has 2 aliphatic rings. The first-order valence-electron chi connectivity index (χ1n) is 13.1. The van der Waals surface area contributed by atoms with Gasteiger partial charge in [0.25, 0.3) is 5.91 Å². The Kier molecular flexibility index (Phi) is 9.16. The molecule has 3 aromatic rings. The minimum Gasteiger partial charge on any atom is -0.355 e. The predicted molar refractivity (Wildman–Crippen MR) is 163 cm³/mol. The molecule has 0 fully saturated rings. The van der Waals surface area contributed by atoms with Gasteiger partial charge in [0.2, 0.25) is 21.8 Å². The van der Waals surface area contributed by atoms with Gasteiger partial charge in [0, 0.05) is 23.4 Å². The van der Waals surface area contributed by atoms with Gasteiger partial charge < -0.3 is 10.6 Å². The van der Waals surface area contributed by atoms with Crippen LogP contribution in [0.1, 0.15) is 28.8 Å². The number of carbonyl (C=O) groups is 3. The van der Waals surface area contributed by atoms with Crippen LogP contribution >= 0.6 is 23.1 Å². The van der Waals surface area contributed by atoms with Crippen molar-refractivity contribution in [3.05, 3.63) is 82.0 Å². The number of hydrogen-bond acceptors (Lipinski definition) is 9. The summed E-state index contributed by atoms with van der Waals surface area (Å²) < 4.78 is 22.8. The maximum absolute atomic E-state index is 13.4. The van der Waals surface area contributed by atoms with E-state index in [1.165, 1.54) is 17.0 Å². The highest BCUT2D eigenvalue weighted by molar-refractivity contribution is 8.14. The van der Waals surface area contributed by atoms with Crippen LogP contribution in [0.15, 0.2) is 80.9 Å². The zero-order valence-corrected chi connectivity index (χ0v) is 24.8. The van der Waals surface area contributed by atoms with E-state index in [0.717, 1.165) is 27.8 Å². The highest BCUT2D eigenvalue weighted by Crippen LogP contribution is 2.34. The second-order valence-electron chi connectivity index (χ2n) is 9.53. The number of para-hydroxylation sites is 1. The summed E-state index contributed by atoms with van der Waals surface area (Å²) in [6.07, 6.45) is 0.911. The summed E-state index contributed by atoms with van der Waals surface area (Å²) in [5, 5.41) is 13.1. The number of rotatable bonds is 11. The molecule has 3 amide bonds. The average Bonchev–Trinajstić information content (AvgIpc) is 3.61. The standard InChI is InChI=1S/C28H28N6O5S3/c29-42(38,39)20-9-7-18(8-10-20)13-14-30-25(36)17-41-28-33-22-6-2-1-5-21(22)26-32-23(27(37)34(26)28)11-12-24(35)31-16-19-4-3-15-40-19/h1-10,15,23H,11-14,16-17H2,(H,30,36)(H,31,35)(H2,29,38,39)/t23-/m1/s1. The first-order chi connectivity index (χ1) is 20.2. The molecule has 0 saturated carbocycles. The molecule has 3 heterocycles. The maximum Gasteiger partial charge on any atom is 0.259 e. The highest BCUT2D eigenvalue weighted by Gasteiger charge is 2.41. The van der Waals surface area contributed by atoms with Crippen molar-refractivity contribution in [2.75, 3.05) is 12.3 Å². The molecule has 0 aliphatic carbocycles. The smallest absolute Gasteiger partial charge is 0.259 e. The topological polar surface area (TPSA) is 163 Å². The number of nitrogens with two attached hydrogens (primary N) is 1. The number of primary sulfonamides is 1. The third-order valence-corrected chi connectivity index (χ3v) is 9.30. The quantitative estimate of drug-likeness (QED) is 0.297. The maximum atomic E-state index is 13.4. The fourth-order valence-corrected chi connectivity index (χ4v) is 6.41. The van der Waals surface area contributed by atoms with Crippen molar-refractivity contribution in [1.29, 1.82) is 0 Å². The molecule has 1 aromatic heterocycles. The Bertz CT molecular complexity index is 1650. The zero-order valence-electron chi connectivity index (χ0n) is 22.4. The van der Waals surface area contributed by atoms with E-state index in [2.05, 4.69) is 20.6 Å². The predicted octanol–water partition coefficient (Wildman–Crippen LogP) is 2.54. The molecule has 0 saturated heterocycles. The molecule has 11 nitrogen and oxygen atoms in total. The first-order valence-corrected chi connectivity index (χ1v) is 16.5. The zero-order chi connectivity index (χ0) is 29.7. The van der Waals surface area contributed by atoms with Crippen molar-refractivity contribution in [2.45, 2.75) is 36.7 Å². The molecule has 0 bridgehead atoms. The van der Waals surface area contributed by atoms with Gasteiger partial charge >= 0.3 is 0 Å². The van der Waals surface area contributed by atoms with E-state index in [-0.39, 0.29) is 41.2 Å². The van der Waals surface area contributed by atoms with Crippen LogP contribution in [-0.2, 0) is 37.4 Å². The Hall–Kier alpha value is -3.85. The van der Waals surface area contributed by atoms with Crippen LogP contribution in [-0.4, -0.2) is 60.4 Å². The van der Waals surface area contributed by atoms with Crippen LogP contribution in [0.3, 0.4) is 0 Å². The summed E-state index contributed by atoms with van der Waals surface area (Å²) in [6.45, 7) is 0.791. The van der Waals surface area contributed by atoms with Gasteiger partial charge in [-0.15, -0.1) is 11.3 Å². The van der Waals surface area contributed by atoms with Crippen LogP contribution in [0, 0.1) is 0 Å². The van der Waals surface area contributed by atoms with E-state index in [1.807, 2.05) is 41.8 Å². The number of nitrogens with zero attached hydrogens (tertiary/aromatic N) is 3. The number of fused-ring (bicyclic) bond motifs is 3. The van der Waals surface area contributed by atoms with Crippen LogP contribution in [0.5, 0.6) is 0 Å². The molecule has 218 valence electrons. The van der Waals surface area contributed by atoms with Crippen molar-refractivity contribution in [1.82, 2.24) is 15.5 Å². The molecule has 2 aromatic carbocycles. The number of thiophene rings is 1. The number of sulfonamides is 1. The number of thioether (sulfide) groups is 1. The second-order valence-corrected chi connectivity index (χ2v) is 13.1. The first kappa shape index (κ1) is 29.6. The van der Waals surface area contributed by atoms with Crippen LogP contribution < -0.4 is 15.8 Å². The largest absolute Gasteiger partial charge is 0.355 e. The number of carbonyl (C=O) groups excluding carboxylic acids is 3. The summed E-state index contributed by atoms with van der Waals surface area (Å²) in [7, 11) is -3.76. The van der Waals surface area contributed by atoms with Gasteiger partial charge in [0.05, 0.1) is 22.9 Å². The Morgan fingerprint density at radius 3 is 2.55 bits per heavy atom. The average molecular weight is 625 g/mol. The third-order valence-electron chi connectivity index (χ3n) is 6.55. The van der Waals surface area contributed by atoms with E-state index in [1.54, 1.807) is 23.5 Å². The van der Waals surface area contributed by atoms with Gasteiger partial charge in [-0.05, 0) is 54.1 Å². The molecule has 5 rings (SSSR count). The Balaban J connectivity index is 1.16. The van der Waals surface area contributed by atoms with Gasteiger partial charge in [0.15, 0.2) is 5.17 Å². The van der Waals surface area contributed by atoms with E-state index in [0.29, 0.717) is 36.2 Å². The van der Waals surface area contributed by atoms with E-state index < -0.39 is 16.1 Å². The lowest BCUT2D eigenvalue weighted by molar-refractivity contribution is -0.125. The minimum absolute atomic E-state index is 0.0260. The molecule has 0 radical (unpaired) electrons. The molecular formula is C28H28N6O5S3. The molecule has 0 spiro atoms. The van der Waals surface area contributed by atoms with Gasteiger partial charge in [-0.2, -0.15) is 0 Å². The van der Waals surface area contributed by atoms with Crippen LogP contribution in [0.2, 0.25) is 0 Å². The van der Waals surface area contributed by atoms with E-state index in [9.17, 15) is 22.8 Å². The molecular weight excluding hydrogens is 597 g/mol.